The smallest absolute Gasteiger partial charge is 0.410 e. The minimum atomic E-state index is -3.00. The van der Waals surface area contributed by atoms with E-state index in [4.69, 9.17) is 4.74 Å². The molecule has 7 heteroatoms. The molecule has 2 aliphatic rings. The third kappa shape index (κ3) is 8.30. The fourth-order valence-electron chi connectivity index (χ4n) is 4.61. The molecule has 0 aromatic heterocycles. The van der Waals surface area contributed by atoms with Gasteiger partial charge in [0.15, 0.2) is 9.84 Å². The van der Waals surface area contributed by atoms with Crippen LogP contribution in [-0.2, 0) is 20.3 Å². The highest BCUT2D eigenvalue weighted by atomic mass is 32.2. The number of sulfone groups is 1. The summed E-state index contributed by atoms with van der Waals surface area (Å²) in [6.45, 7) is 13.4. The molecule has 6 nitrogen and oxygen atoms in total. The summed E-state index contributed by atoms with van der Waals surface area (Å²) in [4.78, 5) is 16.5. The average molecular weight is 467 g/mol. The van der Waals surface area contributed by atoms with Crippen LogP contribution in [0, 0.1) is 11.8 Å². The summed E-state index contributed by atoms with van der Waals surface area (Å²) in [6, 6.07) is 7.93. The molecule has 2 heterocycles. The molecule has 1 amide bonds. The number of amides is 1. The number of ether oxygens (including phenoxy) is 1. The van der Waals surface area contributed by atoms with Crippen molar-refractivity contribution in [3.8, 4) is 0 Å². The summed E-state index contributed by atoms with van der Waals surface area (Å²) in [5, 5.41) is 0. The van der Waals surface area contributed by atoms with Gasteiger partial charge in [0.05, 0.1) is 5.75 Å². The van der Waals surface area contributed by atoms with E-state index in [1.807, 2.05) is 63.8 Å². The van der Waals surface area contributed by atoms with Gasteiger partial charge in [0.1, 0.15) is 5.60 Å². The van der Waals surface area contributed by atoms with Crippen molar-refractivity contribution in [3.05, 3.63) is 29.8 Å². The van der Waals surface area contributed by atoms with Crippen LogP contribution in [0.25, 0.3) is 0 Å². The minimum absolute atomic E-state index is 0.0946. The topological polar surface area (TPSA) is 66.9 Å². The zero-order chi connectivity index (χ0) is 23.9. The van der Waals surface area contributed by atoms with E-state index < -0.39 is 15.4 Å². The molecule has 0 unspecified atom stereocenters. The maximum absolute atomic E-state index is 12.3. The van der Waals surface area contributed by atoms with Crippen molar-refractivity contribution in [2.24, 2.45) is 11.8 Å². The predicted molar refractivity (Wildman–Crippen MR) is 132 cm³/mol. The molecule has 0 radical (unpaired) electrons. The second kappa shape index (κ2) is 11.4. The second-order valence-electron chi connectivity index (χ2n) is 9.87. The largest absolute Gasteiger partial charge is 0.444 e. The van der Waals surface area contributed by atoms with Crippen LogP contribution in [0.3, 0.4) is 0 Å². The summed E-state index contributed by atoms with van der Waals surface area (Å²) >= 11 is 0. The van der Waals surface area contributed by atoms with E-state index in [9.17, 15) is 13.2 Å². The summed E-state index contributed by atoms with van der Waals surface area (Å²) in [7, 11) is -3.00. The Morgan fingerprint density at radius 3 is 1.84 bits per heavy atom. The number of carbonyl (C=O) groups is 1. The van der Waals surface area contributed by atoms with Crippen molar-refractivity contribution >= 4 is 21.6 Å². The predicted octanol–water partition coefficient (Wildman–Crippen LogP) is 5.12. The monoisotopic (exact) mass is 466 g/mol. The molecule has 0 N–H and O–H groups in total. The maximum Gasteiger partial charge on any atom is 0.410 e. The Balaban J connectivity index is 0.00000176. The van der Waals surface area contributed by atoms with Crippen molar-refractivity contribution in [2.45, 2.75) is 71.7 Å². The lowest BCUT2D eigenvalue weighted by atomic mass is 9.79. The number of rotatable bonds is 4. The van der Waals surface area contributed by atoms with Crippen LogP contribution in [0.15, 0.2) is 24.3 Å². The SMILES string of the molecule is CC.CC(C)(C)OC(=O)N1CCC(C2CCN(c3ccc(CS(C)(=O)=O)cc3)CC2)CC1. The van der Waals surface area contributed by atoms with Gasteiger partial charge < -0.3 is 14.5 Å². The Morgan fingerprint density at radius 1 is 0.938 bits per heavy atom. The number of hydrogen-bond donors (Lipinski definition) is 0. The van der Waals surface area contributed by atoms with Gasteiger partial charge in [-0.2, -0.15) is 0 Å². The number of piperidine rings is 2. The first-order valence-electron chi connectivity index (χ1n) is 12.0. The molecular weight excluding hydrogens is 424 g/mol. The molecule has 2 saturated heterocycles. The third-order valence-electron chi connectivity index (χ3n) is 6.13. The first-order chi connectivity index (χ1) is 15.0. The maximum atomic E-state index is 12.3. The van der Waals surface area contributed by atoms with Crippen LogP contribution in [0.2, 0.25) is 0 Å². The standard InChI is InChI=1S/C23H36N2O4S.C2H6/c1-23(2,3)29-22(26)25-15-11-20(12-16-25)19-9-13-24(14-10-19)21-7-5-18(6-8-21)17-30(4,27)28;1-2/h5-8,19-20H,9-17H2,1-4H3;1-2H3. The Kier molecular flexibility index (Phi) is 9.43. The molecule has 2 fully saturated rings. The number of hydrogen-bond acceptors (Lipinski definition) is 5. The van der Waals surface area contributed by atoms with Crippen molar-refractivity contribution in [3.63, 3.8) is 0 Å². The van der Waals surface area contributed by atoms with Crippen LogP contribution in [0.4, 0.5) is 10.5 Å². The highest BCUT2D eigenvalue weighted by Crippen LogP contribution is 2.34. The number of likely N-dealkylation sites (tertiary alicyclic amines) is 1. The molecule has 182 valence electrons. The number of carbonyl (C=O) groups excluding carboxylic acids is 1. The summed E-state index contributed by atoms with van der Waals surface area (Å²) in [5.74, 6) is 1.49. The summed E-state index contributed by atoms with van der Waals surface area (Å²) < 4.78 is 28.4. The zero-order valence-corrected chi connectivity index (χ0v) is 21.6. The molecule has 1 aromatic rings. The van der Waals surface area contributed by atoms with E-state index in [1.54, 1.807) is 0 Å². The molecule has 2 aliphatic heterocycles. The fourth-order valence-corrected chi connectivity index (χ4v) is 5.41. The van der Waals surface area contributed by atoms with E-state index in [0.717, 1.165) is 44.6 Å². The summed E-state index contributed by atoms with van der Waals surface area (Å²) in [6.07, 6.45) is 5.54. The van der Waals surface area contributed by atoms with E-state index in [1.165, 1.54) is 24.8 Å². The Labute approximate surface area is 195 Å². The van der Waals surface area contributed by atoms with Crippen molar-refractivity contribution < 1.29 is 17.9 Å². The van der Waals surface area contributed by atoms with Crippen LogP contribution in [-0.4, -0.2) is 57.4 Å². The van der Waals surface area contributed by atoms with Crippen LogP contribution in [0.5, 0.6) is 0 Å². The molecular formula is C25H42N2O4S. The van der Waals surface area contributed by atoms with Crippen LogP contribution in [0.1, 0.15) is 65.9 Å². The lowest BCUT2D eigenvalue weighted by molar-refractivity contribution is 0.0152. The highest BCUT2D eigenvalue weighted by Gasteiger charge is 2.32. The second-order valence-corrected chi connectivity index (χ2v) is 12.0. The van der Waals surface area contributed by atoms with Gasteiger partial charge in [0, 0.05) is 38.1 Å². The summed E-state index contributed by atoms with van der Waals surface area (Å²) in [5.41, 5.74) is 1.57. The van der Waals surface area contributed by atoms with Gasteiger partial charge in [-0.1, -0.05) is 26.0 Å². The van der Waals surface area contributed by atoms with E-state index in [0.29, 0.717) is 11.8 Å². The molecule has 0 bridgehead atoms. The quantitative estimate of drug-likeness (QED) is 0.616. The molecule has 0 spiro atoms. The molecule has 32 heavy (non-hydrogen) atoms. The number of nitrogens with zero attached hydrogens (tertiary/aromatic N) is 2. The molecule has 0 saturated carbocycles. The third-order valence-corrected chi connectivity index (χ3v) is 6.99. The lowest BCUT2D eigenvalue weighted by Crippen LogP contribution is -2.44. The van der Waals surface area contributed by atoms with Crippen molar-refractivity contribution in [1.82, 2.24) is 4.90 Å². The zero-order valence-electron chi connectivity index (χ0n) is 20.8. The minimum Gasteiger partial charge on any atom is -0.444 e. The molecule has 3 rings (SSSR count). The first kappa shape index (κ1) is 26.5. The van der Waals surface area contributed by atoms with Gasteiger partial charge in [-0.05, 0) is 76.0 Å². The van der Waals surface area contributed by atoms with Gasteiger partial charge in [-0.3, -0.25) is 0 Å². The van der Waals surface area contributed by atoms with E-state index in [-0.39, 0.29) is 11.8 Å². The van der Waals surface area contributed by atoms with E-state index in [2.05, 4.69) is 4.90 Å². The van der Waals surface area contributed by atoms with Gasteiger partial charge in [-0.15, -0.1) is 0 Å². The van der Waals surface area contributed by atoms with Gasteiger partial charge in [-0.25, -0.2) is 13.2 Å². The highest BCUT2D eigenvalue weighted by molar-refractivity contribution is 7.89. The normalized spacial score (nSPS) is 18.7. The van der Waals surface area contributed by atoms with Crippen molar-refractivity contribution in [2.75, 3.05) is 37.3 Å². The number of anilines is 1. The van der Waals surface area contributed by atoms with Crippen LogP contribution >= 0.6 is 0 Å². The Morgan fingerprint density at radius 2 is 1.41 bits per heavy atom. The molecule has 0 aliphatic carbocycles. The Bertz CT molecular complexity index is 814. The van der Waals surface area contributed by atoms with Gasteiger partial charge >= 0.3 is 6.09 Å². The average Bonchev–Trinajstić information content (AvgIpc) is 2.74. The molecule has 0 atom stereocenters. The van der Waals surface area contributed by atoms with Crippen molar-refractivity contribution in [1.29, 1.82) is 0 Å². The van der Waals surface area contributed by atoms with E-state index >= 15 is 0 Å². The first-order valence-corrected chi connectivity index (χ1v) is 14.1. The fraction of sp³-hybridized carbons (Fsp3) is 0.720. The lowest BCUT2D eigenvalue weighted by Gasteiger charge is -2.41. The van der Waals surface area contributed by atoms with Gasteiger partial charge in [0.25, 0.3) is 0 Å². The number of benzene rings is 1. The molecule has 1 aromatic carbocycles. The van der Waals surface area contributed by atoms with Crippen LogP contribution < -0.4 is 4.90 Å². The Hall–Kier alpha value is -1.76. The van der Waals surface area contributed by atoms with Gasteiger partial charge in [0.2, 0.25) is 0 Å².